The fraction of sp³-hybridized carbons (Fsp3) is 0.571. The summed E-state index contributed by atoms with van der Waals surface area (Å²) >= 11 is 1.87. The van der Waals surface area contributed by atoms with Gasteiger partial charge in [0.15, 0.2) is 0 Å². The highest BCUT2D eigenvalue weighted by molar-refractivity contribution is 7.99. The lowest BCUT2D eigenvalue weighted by Crippen LogP contribution is -3.14. The third kappa shape index (κ3) is 4.88. The van der Waals surface area contributed by atoms with Crippen LogP contribution in [-0.2, 0) is 4.74 Å². The van der Waals surface area contributed by atoms with E-state index >= 15 is 0 Å². The number of morpholine rings is 1. The lowest BCUT2D eigenvalue weighted by molar-refractivity contribution is -0.908. The summed E-state index contributed by atoms with van der Waals surface area (Å²) < 4.78 is 5.35. The van der Waals surface area contributed by atoms with Crippen molar-refractivity contribution < 1.29 is 14.7 Å². The van der Waals surface area contributed by atoms with Crippen molar-refractivity contribution in [3.63, 3.8) is 0 Å². The number of unbranched alkanes of at least 4 members (excludes halogenated alkanes) is 1. The zero-order chi connectivity index (χ0) is 12.6. The molecule has 0 aromatic heterocycles. The molecule has 0 amide bonds. The summed E-state index contributed by atoms with van der Waals surface area (Å²) in [6.07, 6.45) is 2.55. The van der Waals surface area contributed by atoms with Crippen LogP contribution in [0.2, 0.25) is 0 Å². The molecule has 2 rings (SSSR count). The van der Waals surface area contributed by atoms with Crippen LogP contribution in [-0.4, -0.2) is 43.7 Å². The van der Waals surface area contributed by atoms with E-state index in [0.717, 1.165) is 19.0 Å². The first-order valence-electron chi connectivity index (χ1n) is 6.68. The van der Waals surface area contributed by atoms with Crippen LogP contribution in [0.1, 0.15) is 12.8 Å². The van der Waals surface area contributed by atoms with Gasteiger partial charge < -0.3 is 14.7 Å². The van der Waals surface area contributed by atoms with Crippen molar-refractivity contribution in [2.24, 2.45) is 0 Å². The SMILES string of the molecule is Oc1ccc(SCCCC[NH+]2CCOCC2)cc1. The van der Waals surface area contributed by atoms with E-state index in [4.69, 9.17) is 4.74 Å². The maximum Gasteiger partial charge on any atom is 0.115 e. The van der Waals surface area contributed by atoms with Gasteiger partial charge in [-0.1, -0.05) is 0 Å². The Kier molecular flexibility index (Phi) is 5.84. The molecule has 1 aliphatic rings. The van der Waals surface area contributed by atoms with Gasteiger partial charge in [0.25, 0.3) is 0 Å². The molecule has 0 bridgehead atoms. The lowest BCUT2D eigenvalue weighted by Gasteiger charge is -2.23. The molecule has 1 saturated heterocycles. The molecule has 1 fully saturated rings. The van der Waals surface area contributed by atoms with Crippen LogP contribution in [0, 0.1) is 0 Å². The van der Waals surface area contributed by atoms with Crippen LogP contribution in [0.25, 0.3) is 0 Å². The highest BCUT2D eigenvalue weighted by Crippen LogP contribution is 2.21. The van der Waals surface area contributed by atoms with Crippen LogP contribution in [0.15, 0.2) is 29.2 Å². The van der Waals surface area contributed by atoms with E-state index in [9.17, 15) is 5.11 Å². The number of phenolic OH excluding ortho intramolecular Hbond substituents is 1. The largest absolute Gasteiger partial charge is 0.508 e. The quantitative estimate of drug-likeness (QED) is 0.600. The van der Waals surface area contributed by atoms with Gasteiger partial charge in [-0.25, -0.2) is 0 Å². The second-order valence-electron chi connectivity index (χ2n) is 4.66. The van der Waals surface area contributed by atoms with Gasteiger partial charge in [0, 0.05) is 4.90 Å². The van der Waals surface area contributed by atoms with Crippen molar-refractivity contribution in [1.29, 1.82) is 0 Å². The second kappa shape index (κ2) is 7.67. The maximum absolute atomic E-state index is 9.19. The minimum Gasteiger partial charge on any atom is -0.508 e. The van der Waals surface area contributed by atoms with Crippen LogP contribution in [0.3, 0.4) is 0 Å². The summed E-state index contributed by atoms with van der Waals surface area (Å²) in [5.41, 5.74) is 0. The Bertz CT molecular complexity index is 336. The summed E-state index contributed by atoms with van der Waals surface area (Å²) in [5, 5.41) is 9.19. The number of thioether (sulfide) groups is 1. The average molecular weight is 268 g/mol. The van der Waals surface area contributed by atoms with Gasteiger partial charge in [0.05, 0.1) is 19.8 Å². The highest BCUT2D eigenvalue weighted by atomic mass is 32.2. The second-order valence-corrected chi connectivity index (χ2v) is 5.83. The molecule has 0 atom stereocenters. The number of phenols is 1. The van der Waals surface area contributed by atoms with E-state index in [-0.39, 0.29) is 0 Å². The number of benzene rings is 1. The fourth-order valence-corrected chi connectivity index (χ4v) is 3.03. The molecule has 0 aliphatic carbocycles. The number of quaternary nitrogens is 1. The third-order valence-electron chi connectivity index (χ3n) is 3.23. The molecule has 0 radical (unpaired) electrons. The predicted molar refractivity (Wildman–Crippen MR) is 74.4 cm³/mol. The van der Waals surface area contributed by atoms with E-state index < -0.39 is 0 Å². The average Bonchev–Trinajstić information content (AvgIpc) is 2.42. The Balaban J connectivity index is 1.54. The van der Waals surface area contributed by atoms with Crippen molar-refractivity contribution >= 4 is 11.8 Å². The fourth-order valence-electron chi connectivity index (χ4n) is 2.12. The van der Waals surface area contributed by atoms with Gasteiger partial charge in [-0.05, 0) is 42.9 Å². The third-order valence-corrected chi connectivity index (χ3v) is 4.33. The molecule has 0 unspecified atom stereocenters. The van der Waals surface area contributed by atoms with Gasteiger partial charge in [-0.2, -0.15) is 0 Å². The summed E-state index contributed by atoms with van der Waals surface area (Å²) in [5.74, 6) is 1.50. The van der Waals surface area contributed by atoms with E-state index in [0.29, 0.717) is 5.75 Å². The number of nitrogens with one attached hydrogen (secondary N) is 1. The smallest absolute Gasteiger partial charge is 0.115 e. The van der Waals surface area contributed by atoms with Gasteiger partial charge in [-0.15, -0.1) is 11.8 Å². The number of hydrogen-bond donors (Lipinski definition) is 2. The Labute approximate surface area is 113 Å². The minimum absolute atomic E-state index is 0.343. The van der Waals surface area contributed by atoms with Gasteiger partial charge in [0.2, 0.25) is 0 Å². The molecular formula is C14H22NO2S+. The van der Waals surface area contributed by atoms with E-state index in [1.165, 1.54) is 37.4 Å². The summed E-state index contributed by atoms with van der Waals surface area (Å²) in [7, 11) is 0. The molecule has 18 heavy (non-hydrogen) atoms. The van der Waals surface area contributed by atoms with E-state index in [1.807, 2.05) is 23.9 Å². The number of rotatable bonds is 6. The maximum atomic E-state index is 9.19. The van der Waals surface area contributed by atoms with Crippen LogP contribution >= 0.6 is 11.8 Å². The molecule has 0 saturated carbocycles. The van der Waals surface area contributed by atoms with Gasteiger partial charge in [0.1, 0.15) is 18.8 Å². The molecule has 100 valence electrons. The topological polar surface area (TPSA) is 33.9 Å². The van der Waals surface area contributed by atoms with E-state index in [2.05, 4.69) is 0 Å². The Morgan fingerprint density at radius 2 is 1.83 bits per heavy atom. The predicted octanol–water partition coefficient (Wildman–Crippen LogP) is 1.18. The van der Waals surface area contributed by atoms with Crippen LogP contribution < -0.4 is 4.90 Å². The normalized spacial score (nSPS) is 16.9. The highest BCUT2D eigenvalue weighted by Gasteiger charge is 2.12. The van der Waals surface area contributed by atoms with Crippen molar-refractivity contribution in [2.45, 2.75) is 17.7 Å². The Morgan fingerprint density at radius 3 is 2.56 bits per heavy atom. The minimum atomic E-state index is 0.343. The first-order valence-corrected chi connectivity index (χ1v) is 7.66. The summed E-state index contributed by atoms with van der Waals surface area (Å²) in [4.78, 5) is 2.93. The van der Waals surface area contributed by atoms with Crippen LogP contribution in [0.4, 0.5) is 0 Å². The molecule has 2 N–H and O–H groups in total. The number of hydrogen-bond acceptors (Lipinski definition) is 3. The van der Waals surface area contributed by atoms with Gasteiger partial charge >= 0.3 is 0 Å². The Morgan fingerprint density at radius 1 is 1.11 bits per heavy atom. The summed E-state index contributed by atoms with van der Waals surface area (Å²) in [6, 6.07) is 7.46. The number of ether oxygens (including phenoxy) is 1. The zero-order valence-electron chi connectivity index (χ0n) is 10.7. The number of aromatic hydroxyl groups is 1. The van der Waals surface area contributed by atoms with Crippen LogP contribution in [0.5, 0.6) is 5.75 Å². The first kappa shape index (κ1) is 13.7. The lowest BCUT2D eigenvalue weighted by atomic mass is 10.3. The van der Waals surface area contributed by atoms with Crippen molar-refractivity contribution in [2.75, 3.05) is 38.6 Å². The molecule has 1 aromatic carbocycles. The van der Waals surface area contributed by atoms with Crippen molar-refractivity contribution in [1.82, 2.24) is 0 Å². The monoisotopic (exact) mass is 268 g/mol. The molecule has 1 aliphatic heterocycles. The van der Waals surface area contributed by atoms with E-state index in [1.54, 1.807) is 17.0 Å². The zero-order valence-corrected chi connectivity index (χ0v) is 11.5. The van der Waals surface area contributed by atoms with Crippen molar-refractivity contribution in [3.05, 3.63) is 24.3 Å². The molecule has 0 spiro atoms. The molecule has 1 aromatic rings. The van der Waals surface area contributed by atoms with Gasteiger partial charge in [-0.3, -0.25) is 0 Å². The molecular weight excluding hydrogens is 246 g/mol. The standard InChI is InChI=1S/C14H21NO2S/c16-13-3-5-14(6-4-13)18-12-2-1-7-15-8-10-17-11-9-15/h3-6,16H,1-2,7-12H2/p+1. The Hall–Kier alpha value is -0.710. The first-order chi connectivity index (χ1) is 8.84. The van der Waals surface area contributed by atoms with Crippen molar-refractivity contribution in [3.8, 4) is 5.75 Å². The molecule has 4 heteroatoms. The molecule has 1 heterocycles. The summed E-state index contributed by atoms with van der Waals surface area (Å²) in [6.45, 7) is 5.48. The molecule has 3 nitrogen and oxygen atoms in total.